The van der Waals surface area contributed by atoms with E-state index in [1.54, 1.807) is 0 Å². The van der Waals surface area contributed by atoms with Gasteiger partial charge in [-0.05, 0) is 18.8 Å². The van der Waals surface area contributed by atoms with Gasteiger partial charge in [0, 0.05) is 37.1 Å². The number of hydrogen-bond donors (Lipinski definition) is 2. The molecule has 1 saturated carbocycles. The Morgan fingerprint density at radius 3 is 2.79 bits per heavy atom. The zero-order valence-electron chi connectivity index (χ0n) is 11.7. The van der Waals surface area contributed by atoms with E-state index in [1.807, 2.05) is 11.8 Å². The molecule has 0 aromatic rings. The lowest BCUT2D eigenvalue weighted by atomic mass is 10.0. The molecule has 0 aromatic carbocycles. The second-order valence-electron chi connectivity index (χ2n) is 5.57. The number of amides is 1. The average Bonchev–Trinajstić information content (AvgIpc) is 2.89. The van der Waals surface area contributed by atoms with Crippen LogP contribution in [-0.2, 0) is 4.79 Å². The molecule has 0 radical (unpaired) electrons. The molecule has 0 spiro atoms. The van der Waals surface area contributed by atoms with Crippen LogP contribution in [0.5, 0.6) is 0 Å². The van der Waals surface area contributed by atoms with E-state index in [0.717, 1.165) is 31.2 Å². The number of halogens is 1. The molecule has 2 aliphatic rings. The third kappa shape index (κ3) is 6.87. The highest BCUT2D eigenvalue weighted by molar-refractivity contribution is 7.99. The van der Waals surface area contributed by atoms with Crippen LogP contribution >= 0.6 is 24.2 Å². The summed E-state index contributed by atoms with van der Waals surface area (Å²) >= 11 is 1.95. The molecule has 1 aliphatic carbocycles. The van der Waals surface area contributed by atoms with E-state index in [1.165, 1.54) is 37.9 Å². The summed E-state index contributed by atoms with van der Waals surface area (Å²) in [5, 5.41) is 6.47. The molecule has 1 aliphatic heterocycles. The van der Waals surface area contributed by atoms with Gasteiger partial charge >= 0.3 is 0 Å². The molecule has 1 atom stereocenters. The predicted octanol–water partition coefficient (Wildman–Crippen LogP) is 2.59. The van der Waals surface area contributed by atoms with Gasteiger partial charge in [0.1, 0.15) is 0 Å². The van der Waals surface area contributed by atoms with Crippen molar-refractivity contribution in [1.29, 1.82) is 0 Å². The monoisotopic (exact) mass is 306 g/mol. The zero-order valence-corrected chi connectivity index (χ0v) is 13.3. The van der Waals surface area contributed by atoms with Crippen molar-refractivity contribution in [2.24, 2.45) is 5.92 Å². The molecular weight excluding hydrogens is 280 g/mol. The van der Waals surface area contributed by atoms with Gasteiger partial charge in [0.2, 0.25) is 5.91 Å². The van der Waals surface area contributed by atoms with Crippen LogP contribution in [0.3, 0.4) is 0 Å². The quantitative estimate of drug-likeness (QED) is 0.741. The van der Waals surface area contributed by atoms with Crippen molar-refractivity contribution >= 4 is 30.1 Å². The summed E-state index contributed by atoms with van der Waals surface area (Å²) in [4.78, 5) is 11.7. The van der Waals surface area contributed by atoms with Crippen LogP contribution in [0.4, 0.5) is 0 Å². The summed E-state index contributed by atoms with van der Waals surface area (Å²) in [6, 6.07) is 0.388. The lowest BCUT2D eigenvalue weighted by Gasteiger charge is -2.22. The average molecular weight is 307 g/mol. The smallest absolute Gasteiger partial charge is 0.221 e. The van der Waals surface area contributed by atoms with Crippen LogP contribution in [-0.4, -0.2) is 36.5 Å². The number of rotatable bonds is 6. The first-order valence-corrected chi connectivity index (χ1v) is 8.58. The SMILES string of the molecule is Cl.O=C(CC1CSCCN1)NCCCC1CCCC1. The molecular formula is C14H27ClN2OS. The first kappa shape index (κ1) is 17.1. The molecule has 0 aromatic heterocycles. The minimum absolute atomic E-state index is 0. The summed E-state index contributed by atoms with van der Waals surface area (Å²) in [6.45, 7) is 1.92. The molecule has 1 amide bonds. The topological polar surface area (TPSA) is 41.1 Å². The maximum absolute atomic E-state index is 11.7. The van der Waals surface area contributed by atoms with Crippen molar-refractivity contribution in [3.8, 4) is 0 Å². The highest BCUT2D eigenvalue weighted by Gasteiger charge is 2.17. The van der Waals surface area contributed by atoms with Gasteiger partial charge in [-0.3, -0.25) is 4.79 Å². The van der Waals surface area contributed by atoms with Crippen molar-refractivity contribution in [3.63, 3.8) is 0 Å². The van der Waals surface area contributed by atoms with Crippen LogP contribution in [0.15, 0.2) is 0 Å². The lowest BCUT2D eigenvalue weighted by Crippen LogP contribution is -2.41. The number of hydrogen-bond acceptors (Lipinski definition) is 3. The normalized spacial score (nSPS) is 23.9. The summed E-state index contributed by atoms with van der Waals surface area (Å²) in [5.41, 5.74) is 0. The van der Waals surface area contributed by atoms with E-state index < -0.39 is 0 Å². The molecule has 2 rings (SSSR count). The molecule has 1 unspecified atom stereocenters. The Hall–Kier alpha value is 0.0700. The van der Waals surface area contributed by atoms with Crippen LogP contribution in [0.1, 0.15) is 44.9 Å². The molecule has 3 nitrogen and oxygen atoms in total. The Kier molecular flexibility index (Phi) is 8.92. The Bertz CT molecular complexity index is 254. The molecule has 5 heteroatoms. The minimum atomic E-state index is 0. The first-order valence-electron chi connectivity index (χ1n) is 7.42. The molecule has 19 heavy (non-hydrogen) atoms. The van der Waals surface area contributed by atoms with Crippen LogP contribution in [0, 0.1) is 5.92 Å². The fourth-order valence-electron chi connectivity index (χ4n) is 2.96. The highest BCUT2D eigenvalue weighted by atomic mass is 35.5. The van der Waals surface area contributed by atoms with E-state index >= 15 is 0 Å². The van der Waals surface area contributed by atoms with Crippen molar-refractivity contribution < 1.29 is 4.79 Å². The predicted molar refractivity (Wildman–Crippen MR) is 85.2 cm³/mol. The Morgan fingerprint density at radius 2 is 2.11 bits per heavy atom. The Balaban J connectivity index is 0.00000180. The molecule has 112 valence electrons. The number of nitrogens with one attached hydrogen (secondary N) is 2. The zero-order chi connectivity index (χ0) is 12.6. The van der Waals surface area contributed by atoms with Crippen molar-refractivity contribution in [1.82, 2.24) is 10.6 Å². The second kappa shape index (κ2) is 9.89. The fraction of sp³-hybridized carbons (Fsp3) is 0.929. The van der Waals surface area contributed by atoms with E-state index in [4.69, 9.17) is 0 Å². The number of carbonyl (C=O) groups excluding carboxylic acids is 1. The van der Waals surface area contributed by atoms with Gasteiger partial charge in [0.25, 0.3) is 0 Å². The third-order valence-electron chi connectivity index (χ3n) is 4.02. The maximum atomic E-state index is 11.7. The van der Waals surface area contributed by atoms with Crippen molar-refractivity contribution in [3.05, 3.63) is 0 Å². The number of carbonyl (C=O) groups is 1. The van der Waals surface area contributed by atoms with Crippen LogP contribution in [0.25, 0.3) is 0 Å². The molecule has 0 bridgehead atoms. The second-order valence-corrected chi connectivity index (χ2v) is 6.72. The van der Waals surface area contributed by atoms with Gasteiger partial charge in [0.15, 0.2) is 0 Å². The van der Waals surface area contributed by atoms with E-state index in [2.05, 4.69) is 10.6 Å². The van der Waals surface area contributed by atoms with Gasteiger partial charge < -0.3 is 10.6 Å². The van der Waals surface area contributed by atoms with Gasteiger partial charge in [-0.15, -0.1) is 12.4 Å². The van der Waals surface area contributed by atoms with Crippen LogP contribution in [0.2, 0.25) is 0 Å². The first-order chi connectivity index (χ1) is 8.84. The van der Waals surface area contributed by atoms with Crippen LogP contribution < -0.4 is 10.6 Å². The summed E-state index contributed by atoms with van der Waals surface area (Å²) < 4.78 is 0. The molecule has 1 heterocycles. The highest BCUT2D eigenvalue weighted by Crippen LogP contribution is 2.28. The summed E-state index contributed by atoms with van der Waals surface area (Å²) in [5.74, 6) is 3.43. The van der Waals surface area contributed by atoms with E-state index in [9.17, 15) is 4.79 Å². The standard InChI is InChI=1S/C14H26N2OS.ClH/c17-14(10-13-11-18-9-8-15-13)16-7-3-6-12-4-1-2-5-12;/h12-13,15H,1-11H2,(H,16,17);1H. The molecule has 2 N–H and O–H groups in total. The Morgan fingerprint density at radius 1 is 1.32 bits per heavy atom. The third-order valence-corrected chi connectivity index (χ3v) is 5.15. The van der Waals surface area contributed by atoms with Gasteiger partial charge in [0.05, 0.1) is 0 Å². The fourth-order valence-corrected chi connectivity index (χ4v) is 3.91. The number of thioether (sulfide) groups is 1. The maximum Gasteiger partial charge on any atom is 0.221 e. The largest absolute Gasteiger partial charge is 0.356 e. The summed E-state index contributed by atoms with van der Waals surface area (Å²) in [7, 11) is 0. The van der Waals surface area contributed by atoms with Crippen molar-refractivity contribution in [2.75, 3.05) is 24.6 Å². The van der Waals surface area contributed by atoms with E-state index in [-0.39, 0.29) is 18.3 Å². The lowest BCUT2D eigenvalue weighted by molar-refractivity contribution is -0.121. The van der Waals surface area contributed by atoms with Gasteiger partial charge in [-0.2, -0.15) is 11.8 Å². The van der Waals surface area contributed by atoms with Gasteiger partial charge in [-0.25, -0.2) is 0 Å². The minimum Gasteiger partial charge on any atom is -0.356 e. The molecule has 1 saturated heterocycles. The van der Waals surface area contributed by atoms with E-state index in [0.29, 0.717) is 12.5 Å². The van der Waals surface area contributed by atoms with Gasteiger partial charge in [-0.1, -0.05) is 25.7 Å². The van der Waals surface area contributed by atoms with Crippen molar-refractivity contribution in [2.45, 2.75) is 51.0 Å². The summed E-state index contributed by atoms with van der Waals surface area (Å²) in [6.07, 6.45) is 8.77. The molecule has 2 fully saturated rings. The Labute approximate surface area is 127 Å².